The van der Waals surface area contributed by atoms with Crippen molar-refractivity contribution < 1.29 is 18.0 Å². The number of alkyl halides is 3. The van der Waals surface area contributed by atoms with Crippen LogP contribution in [0.15, 0.2) is 0 Å². The van der Waals surface area contributed by atoms with Crippen LogP contribution >= 0.6 is 0 Å². The Morgan fingerprint density at radius 3 is 2.59 bits per heavy atom. The molecule has 100 valence electrons. The van der Waals surface area contributed by atoms with Crippen LogP contribution in [-0.4, -0.2) is 36.1 Å². The van der Waals surface area contributed by atoms with Crippen molar-refractivity contribution in [2.45, 2.75) is 44.8 Å². The molecule has 2 unspecified atom stereocenters. The van der Waals surface area contributed by atoms with Gasteiger partial charge in [0.25, 0.3) is 0 Å². The van der Waals surface area contributed by atoms with E-state index in [4.69, 9.17) is 5.73 Å². The molecule has 0 radical (unpaired) electrons. The van der Waals surface area contributed by atoms with E-state index >= 15 is 0 Å². The fraction of sp³-hybridized carbons (Fsp3) is 0.909. The monoisotopic (exact) mass is 252 g/mol. The van der Waals surface area contributed by atoms with Crippen molar-refractivity contribution in [2.75, 3.05) is 13.1 Å². The second-order valence-corrected chi connectivity index (χ2v) is 4.57. The van der Waals surface area contributed by atoms with E-state index in [1.807, 2.05) is 6.92 Å². The number of halogens is 3. The Hall–Kier alpha value is -0.780. The van der Waals surface area contributed by atoms with Gasteiger partial charge in [-0.2, -0.15) is 13.2 Å². The zero-order chi connectivity index (χ0) is 13.1. The van der Waals surface area contributed by atoms with Crippen LogP contribution in [0.5, 0.6) is 0 Å². The Labute approximate surface area is 99.1 Å². The predicted octanol–water partition coefficient (Wildman–Crippen LogP) is 1.91. The van der Waals surface area contributed by atoms with Crippen molar-refractivity contribution >= 4 is 5.91 Å². The van der Waals surface area contributed by atoms with E-state index in [2.05, 4.69) is 0 Å². The summed E-state index contributed by atoms with van der Waals surface area (Å²) in [5, 5.41) is 0. The topological polar surface area (TPSA) is 46.3 Å². The third-order valence-corrected chi connectivity index (χ3v) is 3.35. The molecule has 3 nitrogen and oxygen atoms in total. The fourth-order valence-corrected chi connectivity index (χ4v) is 2.33. The number of likely N-dealkylation sites (tertiary alicyclic amines) is 1. The Kier molecular flexibility index (Phi) is 4.80. The number of carbonyl (C=O) groups is 1. The Morgan fingerprint density at radius 2 is 2.12 bits per heavy atom. The number of piperidine rings is 1. The van der Waals surface area contributed by atoms with Gasteiger partial charge in [-0.1, -0.05) is 13.3 Å². The molecule has 1 aliphatic rings. The number of nitrogens with two attached hydrogens (primary N) is 1. The first kappa shape index (κ1) is 14.3. The number of amides is 1. The molecule has 1 fully saturated rings. The summed E-state index contributed by atoms with van der Waals surface area (Å²) >= 11 is 0. The number of carbonyl (C=O) groups excluding carboxylic acids is 1. The maximum Gasteiger partial charge on any atom is 0.397 e. The van der Waals surface area contributed by atoms with Gasteiger partial charge in [0.2, 0.25) is 5.91 Å². The minimum Gasteiger partial charge on any atom is -0.338 e. The van der Waals surface area contributed by atoms with Crippen LogP contribution in [0.1, 0.15) is 32.6 Å². The van der Waals surface area contributed by atoms with Gasteiger partial charge >= 0.3 is 6.18 Å². The number of nitrogens with zero attached hydrogens (tertiary/aromatic N) is 1. The van der Waals surface area contributed by atoms with E-state index in [1.54, 1.807) is 0 Å². The SMILES string of the molecule is CCC1CCN(C(=O)CC(F)(F)F)C(CN)C1. The van der Waals surface area contributed by atoms with Crippen molar-refractivity contribution in [1.82, 2.24) is 4.90 Å². The van der Waals surface area contributed by atoms with Gasteiger partial charge in [0.1, 0.15) is 6.42 Å². The lowest BCUT2D eigenvalue weighted by Crippen LogP contribution is -2.50. The molecule has 1 saturated heterocycles. The van der Waals surface area contributed by atoms with Crippen LogP contribution in [0, 0.1) is 5.92 Å². The first-order valence-corrected chi connectivity index (χ1v) is 5.93. The highest BCUT2D eigenvalue weighted by Crippen LogP contribution is 2.28. The quantitative estimate of drug-likeness (QED) is 0.834. The van der Waals surface area contributed by atoms with Gasteiger partial charge < -0.3 is 10.6 Å². The normalized spacial score (nSPS) is 26.1. The van der Waals surface area contributed by atoms with E-state index in [1.165, 1.54) is 4.90 Å². The highest BCUT2D eigenvalue weighted by atomic mass is 19.4. The van der Waals surface area contributed by atoms with E-state index in [0.717, 1.165) is 19.3 Å². The van der Waals surface area contributed by atoms with Gasteiger partial charge in [-0.15, -0.1) is 0 Å². The van der Waals surface area contributed by atoms with E-state index < -0.39 is 18.5 Å². The van der Waals surface area contributed by atoms with Crippen LogP contribution < -0.4 is 5.73 Å². The summed E-state index contributed by atoms with van der Waals surface area (Å²) in [5.74, 6) is -0.374. The lowest BCUT2D eigenvalue weighted by atomic mass is 9.88. The van der Waals surface area contributed by atoms with Gasteiger partial charge in [-0.3, -0.25) is 4.79 Å². The molecule has 1 heterocycles. The molecule has 1 aliphatic heterocycles. The standard InChI is InChI=1S/C11H19F3N2O/c1-2-8-3-4-16(9(5-8)7-15)10(17)6-11(12,13)14/h8-9H,2-7,15H2,1H3. The van der Waals surface area contributed by atoms with Crippen molar-refractivity contribution in [1.29, 1.82) is 0 Å². The molecule has 0 aliphatic carbocycles. The zero-order valence-corrected chi connectivity index (χ0v) is 9.96. The zero-order valence-electron chi connectivity index (χ0n) is 9.96. The van der Waals surface area contributed by atoms with Crippen LogP contribution in [0.2, 0.25) is 0 Å². The minimum absolute atomic E-state index is 0.233. The number of rotatable bonds is 3. The fourth-order valence-electron chi connectivity index (χ4n) is 2.33. The summed E-state index contributed by atoms with van der Waals surface area (Å²) < 4.78 is 36.5. The van der Waals surface area contributed by atoms with Crippen LogP contribution in [0.3, 0.4) is 0 Å². The summed E-state index contributed by atoms with van der Waals surface area (Å²) in [6.07, 6.45) is -3.33. The minimum atomic E-state index is -4.43. The van der Waals surface area contributed by atoms with Gasteiger partial charge in [0, 0.05) is 19.1 Å². The first-order chi connectivity index (χ1) is 7.87. The van der Waals surface area contributed by atoms with Crippen molar-refractivity contribution in [3.63, 3.8) is 0 Å². The maximum atomic E-state index is 12.2. The van der Waals surface area contributed by atoms with E-state index in [9.17, 15) is 18.0 Å². The first-order valence-electron chi connectivity index (χ1n) is 5.93. The second kappa shape index (κ2) is 5.71. The van der Waals surface area contributed by atoms with E-state index in [0.29, 0.717) is 12.5 Å². The molecule has 0 aromatic rings. The Bertz CT molecular complexity index is 268. The second-order valence-electron chi connectivity index (χ2n) is 4.57. The van der Waals surface area contributed by atoms with Crippen LogP contribution in [0.4, 0.5) is 13.2 Å². The summed E-state index contributed by atoms with van der Waals surface area (Å²) in [4.78, 5) is 12.8. The lowest BCUT2D eigenvalue weighted by molar-refractivity contribution is -0.164. The largest absolute Gasteiger partial charge is 0.397 e. The Balaban J connectivity index is 2.60. The van der Waals surface area contributed by atoms with Crippen molar-refractivity contribution in [2.24, 2.45) is 11.7 Å². The third kappa shape index (κ3) is 4.18. The Morgan fingerprint density at radius 1 is 1.47 bits per heavy atom. The number of hydrogen-bond donors (Lipinski definition) is 1. The molecular weight excluding hydrogens is 233 g/mol. The molecule has 0 aromatic heterocycles. The van der Waals surface area contributed by atoms with Gasteiger partial charge in [-0.25, -0.2) is 0 Å². The van der Waals surface area contributed by atoms with Crippen LogP contribution in [-0.2, 0) is 4.79 Å². The molecule has 1 amide bonds. The lowest BCUT2D eigenvalue weighted by Gasteiger charge is -2.39. The average molecular weight is 252 g/mol. The molecule has 0 saturated carbocycles. The molecule has 0 spiro atoms. The van der Waals surface area contributed by atoms with Crippen molar-refractivity contribution in [3.05, 3.63) is 0 Å². The molecule has 0 aromatic carbocycles. The molecule has 2 atom stereocenters. The highest BCUT2D eigenvalue weighted by Gasteiger charge is 2.37. The van der Waals surface area contributed by atoms with Crippen molar-refractivity contribution in [3.8, 4) is 0 Å². The average Bonchev–Trinajstić information content (AvgIpc) is 2.25. The number of hydrogen-bond acceptors (Lipinski definition) is 2. The molecular formula is C11H19F3N2O. The van der Waals surface area contributed by atoms with Gasteiger partial charge in [0.05, 0.1) is 0 Å². The highest BCUT2D eigenvalue weighted by molar-refractivity contribution is 5.77. The predicted molar refractivity (Wildman–Crippen MR) is 58.2 cm³/mol. The summed E-state index contributed by atoms with van der Waals surface area (Å²) in [6, 6.07) is -0.233. The summed E-state index contributed by atoms with van der Waals surface area (Å²) in [6.45, 7) is 2.68. The third-order valence-electron chi connectivity index (χ3n) is 3.35. The van der Waals surface area contributed by atoms with E-state index in [-0.39, 0.29) is 12.6 Å². The van der Waals surface area contributed by atoms with Crippen LogP contribution in [0.25, 0.3) is 0 Å². The maximum absolute atomic E-state index is 12.2. The molecule has 1 rings (SSSR count). The molecule has 6 heteroatoms. The van der Waals surface area contributed by atoms with Gasteiger partial charge in [0.15, 0.2) is 0 Å². The smallest absolute Gasteiger partial charge is 0.338 e. The molecule has 2 N–H and O–H groups in total. The molecule has 17 heavy (non-hydrogen) atoms. The molecule has 0 bridgehead atoms. The summed E-state index contributed by atoms with van der Waals surface area (Å²) in [7, 11) is 0. The summed E-state index contributed by atoms with van der Waals surface area (Å²) in [5.41, 5.74) is 5.54. The van der Waals surface area contributed by atoms with Gasteiger partial charge in [-0.05, 0) is 18.8 Å².